The van der Waals surface area contributed by atoms with Crippen LogP contribution in [0.2, 0.25) is 0 Å². The Morgan fingerprint density at radius 3 is 2.81 bits per heavy atom. The minimum atomic E-state index is -1.18. The molecule has 7 heteroatoms. The summed E-state index contributed by atoms with van der Waals surface area (Å²) in [4.78, 5) is 10.6. The minimum absolute atomic E-state index is 0.191. The van der Waals surface area contributed by atoms with Crippen LogP contribution in [-0.4, -0.2) is 26.1 Å². The van der Waals surface area contributed by atoms with Crippen LogP contribution in [0.4, 0.5) is 4.39 Å². The van der Waals surface area contributed by atoms with Crippen LogP contribution >= 0.6 is 15.9 Å². The summed E-state index contributed by atoms with van der Waals surface area (Å²) in [6.07, 6.45) is 1.21. The maximum absolute atomic E-state index is 13.2. The van der Waals surface area contributed by atoms with Crippen LogP contribution in [0.25, 0.3) is 5.69 Å². The summed E-state index contributed by atoms with van der Waals surface area (Å²) in [7, 11) is 0. The van der Waals surface area contributed by atoms with Gasteiger partial charge in [-0.05, 0) is 28.1 Å². The van der Waals surface area contributed by atoms with Crippen LogP contribution in [-0.2, 0) is 0 Å². The topological polar surface area (TPSA) is 68.0 Å². The standard InChI is InChI=1S/C9H5BrFN3O2/c10-6-2-1-5(3-7(6)11)14-4-8(9(15)16)12-13-14/h1-4H,(H,15,16). The van der Waals surface area contributed by atoms with E-state index in [4.69, 9.17) is 5.11 Å². The fourth-order valence-corrected chi connectivity index (χ4v) is 1.36. The number of carboxylic acid groups (broad SMARTS) is 1. The number of aromatic carboxylic acids is 1. The fraction of sp³-hybridized carbons (Fsp3) is 0. The second-order valence-corrected chi connectivity index (χ2v) is 3.81. The van der Waals surface area contributed by atoms with Gasteiger partial charge in [-0.25, -0.2) is 13.9 Å². The van der Waals surface area contributed by atoms with Gasteiger partial charge in [0.05, 0.1) is 16.4 Å². The molecule has 1 aromatic heterocycles. The molecular weight excluding hydrogens is 281 g/mol. The van der Waals surface area contributed by atoms with Crippen LogP contribution in [0.3, 0.4) is 0 Å². The van der Waals surface area contributed by atoms with Crippen molar-refractivity contribution in [1.82, 2.24) is 15.0 Å². The summed E-state index contributed by atoms with van der Waals surface area (Å²) in [5, 5.41) is 15.7. The molecule has 1 heterocycles. The lowest BCUT2D eigenvalue weighted by atomic mass is 10.3. The first-order valence-corrected chi connectivity index (χ1v) is 4.98. The van der Waals surface area contributed by atoms with E-state index in [-0.39, 0.29) is 5.69 Å². The Morgan fingerprint density at radius 1 is 1.50 bits per heavy atom. The summed E-state index contributed by atoms with van der Waals surface area (Å²) < 4.78 is 14.7. The van der Waals surface area contributed by atoms with E-state index in [1.54, 1.807) is 6.07 Å². The van der Waals surface area contributed by atoms with Crippen LogP contribution in [0.1, 0.15) is 10.5 Å². The van der Waals surface area contributed by atoms with E-state index in [0.717, 1.165) is 0 Å². The zero-order valence-electron chi connectivity index (χ0n) is 7.76. The molecular formula is C9H5BrFN3O2. The van der Waals surface area contributed by atoms with Gasteiger partial charge in [0, 0.05) is 6.07 Å². The van der Waals surface area contributed by atoms with Crippen molar-refractivity contribution in [2.24, 2.45) is 0 Å². The predicted molar refractivity (Wildman–Crippen MR) is 56.0 cm³/mol. The predicted octanol–water partition coefficient (Wildman–Crippen LogP) is 1.87. The van der Waals surface area contributed by atoms with E-state index >= 15 is 0 Å². The van der Waals surface area contributed by atoms with Crippen molar-refractivity contribution in [3.05, 3.63) is 40.4 Å². The highest BCUT2D eigenvalue weighted by Crippen LogP contribution is 2.18. The number of carboxylic acids is 1. The highest BCUT2D eigenvalue weighted by molar-refractivity contribution is 9.10. The molecule has 0 saturated heterocycles. The van der Waals surface area contributed by atoms with Gasteiger partial charge in [-0.1, -0.05) is 5.21 Å². The lowest BCUT2D eigenvalue weighted by molar-refractivity contribution is 0.0690. The zero-order chi connectivity index (χ0) is 11.7. The molecule has 82 valence electrons. The number of rotatable bonds is 2. The Hall–Kier alpha value is -1.76. The second kappa shape index (κ2) is 4.01. The molecule has 0 saturated carbocycles. The lowest BCUT2D eigenvalue weighted by Crippen LogP contribution is -1.96. The van der Waals surface area contributed by atoms with Crippen molar-refractivity contribution < 1.29 is 14.3 Å². The summed E-state index contributed by atoms with van der Waals surface area (Å²) >= 11 is 3.02. The highest BCUT2D eigenvalue weighted by Gasteiger charge is 2.10. The molecule has 0 atom stereocenters. The third-order valence-electron chi connectivity index (χ3n) is 1.88. The quantitative estimate of drug-likeness (QED) is 0.915. The molecule has 0 fully saturated rings. The van der Waals surface area contributed by atoms with E-state index in [0.29, 0.717) is 10.2 Å². The average molecular weight is 286 g/mol. The molecule has 1 aromatic carbocycles. The maximum Gasteiger partial charge on any atom is 0.358 e. The first-order chi connectivity index (χ1) is 7.58. The van der Waals surface area contributed by atoms with E-state index < -0.39 is 11.8 Å². The number of carbonyl (C=O) groups is 1. The lowest BCUT2D eigenvalue weighted by Gasteiger charge is -2.00. The molecule has 1 N–H and O–H groups in total. The molecule has 0 bridgehead atoms. The SMILES string of the molecule is O=C(O)c1cn(-c2ccc(Br)c(F)c2)nn1. The van der Waals surface area contributed by atoms with Gasteiger partial charge in [0.15, 0.2) is 5.69 Å². The smallest absolute Gasteiger partial charge is 0.358 e. The fourth-order valence-electron chi connectivity index (χ4n) is 1.12. The minimum Gasteiger partial charge on any atom is -0.476 e. The summed E-state index contributed by atoms with van der Waals surface area (Å²) in [6, 6.07) is 4.32. The van der Waals surface area contributed by atoms with Crippen molar-refractivity contribution in [2.75, 3.05) is 0 Å². The van der Waals surface area contributed by atoms with Gasteiger partial charge in [0.1, 0.15) is 5.82 Å². The largest absolute Gasteiger partial charge is 0.476 e. The molecule has 0 aliphatic carbocycles. The van der Waals surface area contributed by atoms with Crippen LogP contribution in [0, 0.1) is 5.82 Å². The van der Waals surface area contributed by atoms with Crippen molar-refractivity contribution in [3.63, 3.8) is 0 Å². The highest BCUT2D eigenvalue weighted by atomic mass is 79.9. The average Bonchev–Trinajstić information content (AvgIpc) is 2.71. The van der Waals surface area contributed by atoms with Crippen molar-refractivity contribution in [3.8, 4) is 5.69 Å². The third-order valence-corrected chi connectivity index (χ3v) is 2.52. The van der Waals surface area contributed by atoms with Crippen molar-refractivity contribution in [2.45, 2.75) is 0 Å². The molecule has 0 amide bonds. The first kappa shape index (κ1) is 10.7. The van der Waals surface area contributed by atoms with Gasteiger partial charge in [0.2, 0.25) is 0 Å². The number of halogens is 2. The number of nitrogens with zero attached hydrogens (tertiary/aromatic N) is 3. The molecule has 0 spiro atoms. The van der Waals surface area contributed by atoms with E-state index in [1.165, 1.54) is 23.0 Å². The molecule has 2 rings (SSSR count). The Balaban J connectivity index is 2.42. The van der Waals surface area contributed by atoms with Gasteiger partial charge >= 0.3 is 5.97 Å². The third kappa shape index (κ3) is 1.94. The first-order valence-electron chi connectivity index (χ1n) is 4.19. The zero-order valence-corrected chi connectivity index (χ0v) is 9.35. The van der Waals surface area contributed by atoms with Gasteiger partial charge in [-0.2, -0.15) is 0 Å². The molecule has 0 radical (unpaired) electrons. The Labute approximate surface area is 97.6 Å². The molecule has 0 unspecified atom stereocenters. The molecule has 5 nitrogen and oxygen atoms in total. The van der Waals surface area contributed by atoms with Crippen molar-refractivity contribution in [1.29, 1.82) is 0 Å². The second-order valence-electron chi connectivity index (χ2n) is 2.95. The van der Waals surface area contributed by atoms with Gasteiger partial charge in [-0.3, -0.25) is 0 Å². The maximum atomic E-state index is 13.2. The van der Waals surface area contributed by atoms with E-state index in [1.807, 2.05) is 0 Å². The summed E-state index contributed by atoms with van der Waals surface area (Å²) in [5.41, 5.74) is 0.212. The van der Waals surface area contributed by atoms with Gasteiger partial charge in [-0.15, -0.1) is 5.10 Å². The molecule has 2 aromatic rings. The Morgan fingerprint density at radius 2 is 2.25 bits per heavy atom. The van der Waals surface area contributed by atoms with Gasteiger partial charge < -0.3 is 5.11 Å². The monoisotopic (exact) mass is 285 g/mol. The molecule has 0 aliphatic rings. The van der Waals surface area contributed by atoms with E-state index in [2.05, 4.69) is 26.2 Å². The Bertz CT molecular complexity index is 555. The summed E-state index contributed by atoms with van der Waals surface area (Å²) in [5.74, 6) is -1.63. The number of aromatic nitrogens is 3. The van der Waals surface area contributed by atoms with Crippen LogP contribution < -0.4 is 0 Å². The molecule has 16 heavy (non-hydrogen) atoms. The van der Waals surface area contributed by atoms with Crippen LogP contribution in [0.5, 0.6) is 0 Å². The Kier molecular flexibility index (Phi) is 2.69. The number of hydrogen-bond donors (Lipinski definition) is 1. The van der Waals surface area contributed by atoms with Gasteiger partial charge in [0.25, 0.3) is 0 Å². The van der Waals surface area contributed by atoms with E-state index in [9.17, 15) is 9.18 Å². The normalized spacial score (nSPS) is 10.4. The molecule has 0 aliphatic heterocycles. The number of benzene rings is 1. The summed E-state index contributed by atoms with van der Waals surface area (Å²) in [6.45, 7) is 0. The number of hydrogen-bond acceptors (Lipinski definition) is 3. The van der Waals surface area contributed by atoms with Crippen LogP contribution in [0.15, 0.2) is 28.9 Å². The van der Waals surface area contributed by atoms with Crippen molar-refractivity contribution >= 4 is 21.9 Å².